The highest BCUT2D eigenvalue weighted by molar-refractivity contribution is 9.10. The third-order valence-corrected chi connectivity index (χ3v) is 6.29. The summed E-state index contributed by atoms with van der Waals surface area (Å²) in [6.45, 7) is 0.579. The molecule has 0 amide bonds. The van der Waals surface area contributed by atoms with Crippen molar-refractivity contribution in [1.82, 2.24) is 14.8 Å². The molecular formula is C24H19BrFN3OS. The number of halogens is 2. The fourth-order valence-electron chi connectivity index (χ4n) is 3.17. The van der Waals surface area contributed by atoms with Gasteiger partial charge in [-0.05, 0) is 36.2 Å². The smallest absolute Gasteiger partial charge is 0.191 e. The van der Waals surface area contributed by atoms with Crippen LogP contribution in [-0.4, -0.2) is 26.3 Å². The molecule has 4 aromatic rings. The van der Waals surface area contributed by atoms with Crippen LogP contribution in [0.15, 0.2) is 88.5 Å². The molecule has 0 aliphatic carbocycles. The second kappa shape index (κ2) is 10.0. The van der Waals surface area contributed by atoms with Crippen LogP contribution in [0.5, 0.6) is 0 Å². The third-order valence-electron chi connectivity index (χ3n) is 4.80. The van der Waals surface area contributed by atoms with Gasteiger partial charge >= 0.3 is 0 Å². The Hall–Kier alpha value is -2.77. The maximum atomic E-state index is 14.4. The van der Waals surface area contributed by atoms with Crippen LogP contribution in [0.1, 0.15) is 15.9 Å². The fourth-order valence-corrected chi connectivity index (χ4v) is 4.30. The molecule has 0 fully saturated rings. The predicted octanol–water partition coefficient (Wildman–Crippen LogP) is 6.06. The summed E-state index contributed by atoms with van der Waals surface area (Å²) in [4.78, 5) is 12.6. The Balaban J connectivity index is 1.58. The Morgan fingerprint density at radius 3 is 2.39 bits per heavy atom. The van der Waals surface area contributed by atoms with Gasteiger partial charge in [0.2, 0.25) is 0 Å². The lowest BCUT2D eigenvalue weighted by Gasteiger charge is -2.11. The third kappa shape index (κ3) is 5.29. The number of ketones is 1. The topological polar surface area (TPSA) is 47.8 Å². The van der Waals surface area contributed by atoms with E-state index in [2.05, 4.69) is 38.3 Å². The van der Waals surface area contributed by atoms with Gasteiger partial charge in [0.05, 0.1) is 11.3 Å². The first-order valence-corrected chi connectivity index (χ1v) is 11.5. The molecule has 0 atom stereocenters. The molecule has 0 saturated heterocycles. The number of carbonyl (C=O) groups is 1. The number of Topliss-reactive ketones (excluding diaryl/α,β-unsaturated/α-hetero) is 1. The van der Waals surface area contributed by atoms with Gasteiger partial charge in [-0.2, -0.15) is 0 Å². The number of aromatic nitrogens is 3. The second-order valence-corrected chi connectivity index (χ2v) is 8.75. The highest BCUT2D eigenvalue weighted by atomic mass is 79.9. The van der Waals surface area contributed by atoms with E-state index >= 15 is 0 Å². The number of thioether (sulfide) groups is 1. The molecule has 0 aliphatic heterocycles. The van der Waals surface area contributed by atoms with Crippen molar-refractivity contribution in [2.45, 2.75) is 18.1 Å². The predicted molar refractivity (Wildman–Crippen MR) is 125 cm³/mol. The van der Waals surface area contributed by atoms with Crippen LogP contribution in [0.25, 0.3) is 11.4 Å². The molecule has 0 aliphatic rings. The molecule has 4 rings (SSSR count). The molecule has 4 nitrogen and oxygen atoms in total. The Labute approximate surface area is 192 Å². The molecule has 0 saturated carbocycles. The first-order valence-electron chi connectivity index (χ1n) is 9.75. The summed E-state index contributed by atoms with van der Waals surface area (Å²) < 4.78 is 17.3. The minimum Gasteiger partial charge on any atom is -0.302 e. The molecule has 0 bridgehead atoms. The zero-order valence-electron chi connectivity index (χ0n) is 16.5. The lowest BCUT2D eigenvalue weighted by Crippen LogP contribution is -2.08. The van der Waals surface area contributed by atoms with Gasteiger partial charge < -0.3 is 4.57 Å². The van der Waals surface area contributed by atoms with Gasteiger partial charge in [-0.25, -0.2) is 4.39 Å². The number of benzene rings is 3. The van der Waals surface area contributed by atoms with Crippen LogP contribution < -0.4 is 0 Å². The van der Waals surface area contributed by atoms with Crippen molar-refractivity contribution in [3.63, 3.8) is 0 Å². The van der Waals surface area contributed by atoms with Gasteiger partial charge in [0.1, 0.15) is 5.82 Å². The Morgan fingerprint density at radius 2 is 1.65 bits per heavy atom. The van der Waals surface area contributed by atoms with E-state index < -0.39 is 0 Å². The van der Waals surface area contributed by atoms with Gasteiger partial charge in [-0.15, -0.1) is 10.2 Å². The molecular weight excluding hydrogens is 477 g/mol. The average Bonchev–Trinajstić information content (AvgIpc) is 3.20. The fraction of sp³-hybridized carbons (Fsp3) is 0.125. The first kappa shape index (κ1) is 21.5. The van der Waals surface area contributed by atoms with Crippen molar-refractivity contribution in [2.75, 3.05) is 5.75 Å². The number of aryl methyl sites for hydroxylation is 1. The molecule has 1 heterocycles. The Bertz CT molecular complexity index is 1180. The van der Waals surface area contributed by atoms with E-state index in [-0.39, 0.29) is 17.4 Å². The van der Waals surface area contributed by atoms with E-state index in [1.54, 1.807) is 30.3 Å². The molecule has 7 heteroatoms. The van der Waals surface area contributed by atoms with Gasteiger partial charge in [0.25, 0.3) is 0 Å². The second-order valence-electron chi connectivity index (χ2n) is 6.89. The summed E-state index contributed by atoms with van der Waals surface area (Å²) >= 11 is 4.69. The first-order chi connectivity index (χ1) is 15.1. The van der Waals surface area contributed by atoms with Crippen molar-refractivity contribution in [1.29, 1.82) is 0 Å². The van der Waals surface area contributed by atoms with E-state index in [9.17, 15) is 9.18 Å². The number of hydrogen-bond acceptors (Lipinski definition) is 4. The van der Waals surface area contributed by atoms with E-state index in [4.69, 9.17) is 0 Å². The molecule has 3 aromatic carbocycles. The quantitative estimate of drug-likeness (QED) is 0.220. The summed E-state index contributed by atoms with van der Waals surface area (Å²) in [6.07, 6.45) is 0.745. The van der Waals surface area contributed by atoms with Gasteiger partial charge in [-0.3, -0.25) is 4.79 Å². The highest BCUT2D eigenvalue weighted by Crippen LogP contribution is 2.27. The Kier molecular flexibility index (Phi) is 6.94. The zero-order valence-corrected chi connectivity index (χ0v) is 18.9. The van der Waals surface area contributed by atoms with Crippen molar-refractivity contribution >= 4 is 33.5 Å². The summed E-state index contributed by atoms with van der Waals surface area (Å²) in [6, 6.07) is 23.9. The maximum Gasteiger partial charge on any atom is 0.191 e. The minimum absolute atomic E-state index is 0.00236. The van der Waals surface area contributed by atoms with Crippen molar-refractivity contribution in [3.8, 4) is 11.4 Å². The largest absolute Gasteiger partial charge is 0.302 e. The standard InChI is InChI=1S/C24H19BrFN3OS/c25-19-12-10-18(11-13-19)22(30)16-31-24-28-27-23(20-8-4-5-9-21(20)26)29(24)15-14-17-6-2-1-3-7-17/h1-13H,14-16H2. The lowest BCUT2D eigenvalue weighted by molar-refractivity contribution is 0.102. The molecule has 31 heavy (non-hydrogen) atoms. The number of rotatable bonds is 8. The molecule has 0 unspecified atom stereocenters. The summed E-state index contributed by atoms with van der Waals surface area (Å²) in [7, 11) is 0. The van der Waals surface area contributed by atoms with Crippen molar-refractivity contribution in [3.05, 3.63) is 100 Å². The van der Waals surface area contributed by atoms with Crippen LogP contribution in [0, 0.1) is 5.82 Å². The van der Waals surface area contributed by atoms with Crippen LogP contribution in [0.4, 0.5) is 4.39 Å². The zero-order chi connectivity index (χ0) is 21.6. The number of carbonyl (C=O) groups excluding carboxylic acids is 1. The van der Waals surface area contributed by atoms with Crippen molar-refractivity contribution < 1.29 is 9.18 Å². The van der Waals surface area contributed by atoms with Crippen LogP contribution in [0.2, 0.25) is 0 Å². The highest BCUT2D eigenvalue weighted by Gasteiger charge is 2.18. The van der Waals surface area contributed by atoms with Gasteiger partial charge in [0.15, 0.2) is 16.8 Å². The SMILES string of the molecule is O=C(CSc1nnc(-c2ccccc2F)n1CCc1ccccc1)c1ccc(Br)cc1. The Morgan fingerprint density at radius 1 is 0.935 bits per heavy atom. The monoisotopic (exact) mass is 495 g/mol. The molecule has 0 radical (unpaired) electrons. The summed E-state index contributed by atoms with van der Waals surface area (Å²) in [5, 5.41) is 9.13. The van der Waals surface area contributed by atoms with E-state index in [1.807, 2.05) is 34.9 Å². The number of nitrogens with zero attached hydrogens (tertiary/aromatic N) is 3. The minimum atomic E-state index is -0.349. The van der Waals surface area contributed by atoms with E-state index in [0.717, 1.165) is 16.5 Å². The van der Waals surface area contributed by atoms with E-state index in [0.29, 0.717) is 28.7 Å². The summed E-state index contributed by atoms with van der Waals surface area (Å²) in [5.74, 6) is 0.344. The van der Waals surface area contributed by atoms with E-state index in [1.165, 1.54) is 17.8 Å². The van der Waals surface area contributed by atoms with Crippen LogP contribution in [0.3, 0.4) is 0 Å². The number of hydrogen-bond donors (Lipinski definition) is 0. The normalized spacial score (nSPS) is 10.9. The van der Waals surface area contributed by atoms with Crippen molar-refractivity contribution in [2.24, 2.45) is 0 Å². The molecule has 0 N–H and O–H groups in total. The molecule has 156 valence electrons. The average molecular weight is 496 g/mol. The van der Waals surface area contributed by atoms with Gasteiger partial charge in [-0.1, -0.05) is 82.3 Å². The van der Waals surface area contributed by atoms with Crippen LogP contribution >= 0.6 is 27.7 Å². The molecule has 1 aromatic heterocycles. The lowest BCUT2D eigenvalue weighted by atomic mass is 10.1. The van der Waals surface area contributed by atoms with Crippen LogP contribution in [-0.2, 0) is 13.0 Å². The maximum absolute atomic E-state index is 14.4. The summed E-state index contributed by atoms with van der Waals surface area (Å²) in [5.41, 5.74) is 2.20. The van der Waals surface area contributed by atoms with Gasteiger partial charge in [0, 0.05) is 16.6 Å². The molecule has 0 spiro atoms.